The minimum absolute atomic E-state index is 0.0981. The minimum Gasteiger partial charge on any atom is -0.507 e. The average Bonchev–Trinajstić information content (AvgIpc) is 2.56. The molecule has 0 fully saturated rings. The first kappa shape index (κ1) is 16.2. The molecule has 0 spiro atoms. The van der Waals surface area contributed by atoms with E-state index in [1.807, 2.05) is 12.2 Å². The van der Waals surface area contributed by atoms with Crippen LogP contribution in [0.1, 0.15) is 37.0 Å². The molecule has 2 aliphatic carbocycles. The highest BCUT2D eigenvalue weighted by atomic mass is 16.5. The molecule has 1 N–H and O–H groups in total. The number of benzene rings is 1. The SMILES string of the molecule is COC1=CC(=O)C2=C(CCc3c2ccc(O)c3/C=C/C(C)C)C1=O. The third kappa shape index (κ3) is 2.58. The normalized spacial score (nSPS) is 17.2. The van der Waals surface area contributed by atoms with Crippen molar-refractivity contribution in [1.29, 1.82) is 0 Å². The summed E-state index contributed by atoms with van der Waals surface area (Å²) in [5.74, 6) is 0.207. The van der Waals surface area contributed by atoms with Crippen LogP contribution in [0.4, 0.5) is 0 Å². The maximum atomic E-state index is 12.5. The molecule has 4 heteroatoms. The van der Waals surface area contributed by atoms with Crippen molar-refractivity contribution in [2.24, 2.45) is 5.92 Å². The fourth-order valence-corrected chi connectivity index (χ4v) is 3.23. The quantitative estimate of drug-likeness (QED) is 0.865. The van der Waals surface area contributed by atoms with E-state index in [0.717, 1.165) is 16.7 Å². The number of ether oxygens (including phenoxy) is 1. The van der Waals surface area contributed by atoms with E-state index in [4.69, 9.17) is 4.74 Å². The summed E-state index contributed by atoms with van der Waals surface area (Å²) in [6.07, 6.45) is 6.24. The second-order valence-electron chi connectivity index (χ2n) is 6.39. The Bertz CT molecular complexity index is 822. The van der Waals surface area contributed by atoms with Crippen LogP contribution in [0.25, 0.3) is 11.6 Å². The molecule has 0 saturated heterocycles. The Labute approximate surface area is 141 Å². The number of methoxy groups -OCH3 is 1. The van der Waals surface area contributed by atoms with Crippen LogP contribution in [-0.4, -0.2) is 23.8 Å². The topological polar surface area (TPSA) is 63.6 Å². The van der Waals surface area contributed by atoms with E-state index in [0.29, 0.717) is 29.9 Å². The first-order chi connectivity index (χ1) is 11.4. The lowest BCUT2D eigenvalue weighted by molar-refractivity contribution is -0.117. The first-order valence-corrected chi connectivity index (χ1v) is 8.05. The maximum Gasteiger partial charge on any atom is 0.224 e. The van der Waals surface area contributed by atoms with E-state index in [9.17, 15) is 14.7 Å². The van der Waals surface area contributed by atoms with E-state index >= 15 is 0 Å². The number of allylic oxidation sites excluding steroid dienone is 4. The summed E-state index contributed by atoms with van der Waals surface area (Å²) in [7, 11) is 1.40. The van der Waals surface area contributed by atoms with Gasteiger partial charge in [0.1, 0.15) is 5.75 Å². The van der Waals surface area contributed by atoms with Gasteiger partial charge >= 0.3 is 0 Å². The van der Waals surface area contributed by atoms with E-state index in [1.54, 1.807) is 12.1 Å². The Morgan fingerprint density at radius 2 is 1.96 bits per heavy atom. The zero-order valence-corrected chi connectivity index (χ0v) is 14.1. The number of carbonyl (C=O) groups is 2. The number of ketones is 2. The van der Waals surface area contributed by atoms with Crippen LogP contribution < -0.4 is 0 Å². The predicted molar refractivity (Wildman–Crippen MR) is 92.3 cm³/mol. The molecule has 0 amide bonds. The highest BCUT2D eigenvalue weighted by molar-refractivity contribution is 6.37. The van der Waals surface area contributed by atoms with Gasteiger partial charge in [0.05, 0.1) is 7.11 Å². The molecule has 0 saturated carbocycles. The van der Waals surface area contributed by atoms with E-state index in [-0.39, 0.29) is 23.1 Å². The number of fused-ring (bicyclic) bond motifs is 2. The number of phenolic OH excluding ortho intramolecular Hbond substituents is 1. The molecule has 0 heterocycles. The summed E-state index contributed by atoms with van der Waals surface area (Å²) in [6.45, 7) is 4.12. The number of rotatable bonds is 3. The van der Waals surface area contributed by atoms with Gasteiger partial charge in [-0.1, -0.05) is 32.1 Å². The van der Waals surface area contributed by atoms with Crippen molar-refractivity contribution in [3.63, 3.8) is 0 Å². The summed E-state index contributed by atoms with van der Waals surface area (Å²) >= 11 is 0. The van der Waals surface area contributed by atoms with E-state index < -0.39 is 0 Å². The summed E-state index contributed by atoms with van der Waals surface area (Å²) in [6, 6.07) is 3.31. The van der Waals surface area contributed by atoms with Gasteiger partial charge in [-0.05, 0) is 36.0 Å². The van der Waals surface area contributed by atoms with E-state index in [1.165, 1.54) is 13.2 Å². The molecule has 1 aromatic carbocycles. The molecule has 0 atom stereocenters. The predicted octanol–water partition coefficient (Wildman–Crippen LogP) is 3.44. The zero-order valence-electron chi connectivity index (χ0n) is 14.1. The van der Waals surface area contributed by atoms with Crippen molar-refractivity contribution >= 4 is 23.2 Å². The number of Topliss-reactive ketones (excluding diaryl/α,β-unsaturated/α-hetero) is 1. The van der Waals surface area contributed by atoms with Crippen molar-refractivity contribution in [3.8, 4) is 5.75 Å². The molecule has 0 aromatic heterocycles. The molecule has 3 rings (SSSR count). The molecular weight excluding hydrogens is 304 g/mol. The summed E-state index contributed by atoms with van der Waals surface area (Å²) in [5, 5.41) is 10.2. The second-order valence-corrected chi connectivity index (χ2v) is 6.39. The summed E-state index contributed by atoms with van der Waals surface area (Å²) in [5.41, 5.74) is 3.34. The van der Waals surface area contributed by atoms with Crippen LogP contribution in [0.5, 0.6) is 5.75 Å². The zero-order chi connectivity index (χ0) is 17.4. The van der Waals surface area contributed by atoms with Gasteiger partial charge in [-0.3, -0.25) is 9.59 Å². The van der Waals surface area contributed by atoms with Gasteiger partial charge in [0.15, 0.2) is 11.5 Å². The summed E-state index contributed by atoms with van der Waals surface area (Å²) < 4.78 is 5.02. The highest BCUT2D eigenvalue weighted by Crippen LogP contribution is 2.40. The van der Waals surface area contributed by atoms with Crippen LogP contribution in [0.3, 0.4) is 0 Å². The van der Waals surface area contributed by atoms with E-state index in [2.05, 4.69) is 13.8 Å². The molecule has 0 bridgehead atoms. The summed E-state index contributed by atoms with van der Waals surface area (Å²) in [4.78, 5) is 25.0. The van der Waals surface area contributed by atoms with Crippen LogP contribution >= 0.6 is 0 Å². The van der Waals surface area contributed by atoms with Gasteiger partial charge in [0, 0.05) is 22.8 Å². The lowest BCUT2D eigenvalue weighted by atomic mass is 9.77. The third-order valence-electron chi connectivity index (χ3n) is 4.40. The second kappa shape index (κ2) is 6.11. The van der Waals surface area contributed by atoms with Gasteiger partial charge in [-0.15, -0.1) is 0 Å². The monoisotopic (exact) mass is 324 g/mol. The molecule has 0 radical (unpaired) electrons. The Kier molecular flexibility index (Phi) is 4.14. The van der Waals surface area contributed by atoms with Crippen molar-refractivity contribution in [3.05, 3.63) is 52.3 Å². The van der Waals surface area contributed by atoms with Crippen molar-refractivity contribution in [1.82, 2.24) is 0 Å². The number of aromatic hydroxyl groups is 1. The molecule has 0 unspecified atom stereocenters. The number of hydrogen-bond donors (Lipinski definition) is 1. The Morgan fingerprint density at radius 1 is 1.21 bits per heavy atom. The average molecular weight is 324 g/mol. The molecular formula is C20H20O4. The fourth-order valence-electron chi connectivity index (χ4n) is 3.23. The standard InChI is InChI=1S/C20H20O4/c1-11(2)4-5-13-12-6-7-15-19(14(12)8-9-16(13)21)17(22)10-18(24-3)20(15)23/h4-5,8-11,21H,6-7H2,1-3H3/b5-4+. The molecule has 2 aliphatic rings. The number of phenols is 1. The van der Waals surface area contributed by atoms with Crippen molar-refractivity contribution in [2.75, 3.05) is 7.11 Å². The molecule has 0 aliphatic heterocycles. The maximum absolute atomic E-state index is 12.5. The lowest BCUT2D eigenvalue weighted by Gasteiger charge is -2.26. The molecule has 4 nitrogen and oxygen atoms in total. The molecule has 124 valence electrons. The van der Waals surface area contributed by atoms with Gasteiger partial charge in [-0.2, -0.15) is 0 Å². The highest BCUT2D eigenvalue weighted by Gasteiger charge is 2.34. The van der Waals surface area contributed by atoms with Crippen LogP contribution in [-0.2, 0) is 20.7 Å². The van der Waals surface area contributed by atoms with Gasteiger partial charge in [-0.25, -0.2) is 0 Å². The largest absolute Gasteiger partial charge is 0.507 e. The Balaban J connectivity index is 2.16. The van der Waals surface area contributed by atoms with Crippen molar-refractivity contribution < 1.29 is 19.4 Å². The van der Waals surface area contributed by atoms with Crippen molar-refractivity contribution in [2.45, 2.75) is 26.7 Å². The van der Waals surface area contributed by atoms with Gasteiger partial charge in [0.25, 0.3) is 0 Å². The van der Waals surface area contributed by atoms with Crippen LogP contribution in [0.2, 0.25) is 0 Å². The van der Waals surface area contributed by atoms with Crippen LogP contribution in [0.15, 0.2) is 35.6 Å². The minimum atomic E-state index is -0.218. The Morgan fingerprint density at radius 3 is 2.62 bits per heavy atom. The molecule has 1 aromatic rings. The number of carbonyl (C=O) groups excluding carboxylic acids is 2. The first-order valence-electron chi connectivity index (χ1n) is 8.05. The lowest BCUT2D eigenvalue weighted by Crippen LogP contribution is -2.23. The third-order valence-corrected chi connectivity index (χ3v) is 4.40. The number of hydrogen-bond acceptors (Lipinski definition) is 4. The van der Waals surface area contributed by atoms with Crippen LogP contribution in [0, 0.1) is 5.92 Å². The fraction of sp³-hybridized carbons (Fsp3) is 0.300. The van der Waals surface area contributed by atoms with Gasteiger partial charge < -0.3 is 9.84 Å². The molecule has 24 heavy (non-hydrogen) atoms. The van der Waals surface area contributed by atoms with Gasteiger partial charge in [0.2, 0.25) is 5.78 Å². The Hall–Kier alpha value is -2.62. The smallest absolute Gasteiger partial charge is 0.224 e.